The fourth-order valence-electron chi connectivity index (χ4n) is 0.794. The van der Waals surface area contributed by atoms with Crippen LogP contribution in [0.3, 0.4) is 0 Å². The van der Waals surface area contributed by atoms with Crippen molar-refractivity contribution in [2.75, 3.05) is 0 Å². The van der Waals surface area contributed by atoms with E-state index in [-0.39, 0.29) is 0 Å². The molecule has 1 heterocycles. The molecule has 0 aliphatic heterocycles. The zero-order chi connectivity index (χ0) is 8.27. The standard InChI is InChI=1S/C8H14N2O/c1-4-6(3)8-9-7(5-2)11-10-8/h6H,4-5H2,1-3H3. The summed E-state index contributed by atoms with van der Waals surface area (Å²) < 4.78 is 4.98. The Hall–Kier alpha value is -0.860. The van der Waals surface area contributed by atoms with Crippen LogP contribution < -0.4 is 0 Å². The number of rotatable bonds is 3. The maximum atomic E-state index is 4.98. The summed E-state index contributed by atoms with van der Waals surface area (Å²) in [5, 5.41) is 3.87. The zero-order valence-electron chi connectivity index (χ0n) is 7.29. The molecule has 0 aromatic carbocycles. The fourth-order valence-corrected chi connectivity index (χ4v) is 0.794. The third-order valence-electron chi connectivity index (χ3n) is 1.84. The second kappa shape index (κ2) is 3.51. The van der Waals surface area contributed by atoms with Crippen LogP contribution >= 0.6 is 0 Å². The smallest absolute Gasteiger partial charge is 0.226 e. The van der Waals surface area contributed by atoms with Gasteiger partial charge in [0.15, 0.2) is 5.82 Å². The molecule has 3 heteroatoms. The van der Waals surface area contributed by atoms with Gasteiger partial charge in [-0.2, -0.15) is 4.98 Å². The minimum Gasteiger partial charge on any atom is -0.339 e. The second-order valence-corrected chi connectivity index (χ2v) is 2.71. The van der Waals surface area contributed by atoms with Crippen molar-refractivity contribution >= 4 is 0 Å². The second-order valence-electron chi connectivity index (χ2n) is 2.71. The highest BCUT2D eigenvalue weighted by atomic mass is 16.5. The SMILES string of the molecule is CCc1nc(C(C)CC)no1. The number of nitrogens with zero attached hydrogens (tertiary/aromatic N) is 2. The highest BCUT2D eigenvalue weighted by molar-refractivity contribution is 4.92. The van der Waals surface area contributed by atoms with Gasteiger partial charge in [0.25, 0.3) is 0 Å². The molecule has 0 saturated heterocycles. The average Bonchev–Trinajstić information content (AvgIpc) is 2.50. The first-order valence-corrected chi connectivity index (χ1v) is 4.10. The van der Waals surface area contributed by atoms with E-state index in [0.717, 1.165) is 24.6 Å². The number of aromatic nitrogens is 2. The third-order valence-corrected chi connectivity index (χ3v) is 1.84. The lowest BCUT2D eigenvalue weighted by atomic mass is 10.1. The number of aryl methyl sites for hydroxylation is 1. The Balaban J connectivity index is 2.71. The van der Waals surface area contributed by atoms with Gasteiger partial charge in [0.2, 0.25) is 5.89 Å². The summed E-state index contributed by atoms with van der Waals surface area (Å²) in [6, 6.07) is 0. The molecular formula is C8H14N2O. The van der Waals surface area contributed by atoms with Gasteiger partial charge in [-0.3, -0.25) is 0 Å². The molecular weight excluding hydrogens is 140 g/mol. The molecule has 0 fully saturated rings. The predicted octanol–water partition coefficient (Wildman–Crippen LogP) is 2.15. The monoisotopic (exact) mass is 154 g/mol. The van der Waals surface area contributed by atoms with Crippen molar-refractivity contribution in [2.45, 2.75) is 39.5 Å². The van der Waals surface area contributed by atoms with E-state index in [0.29, 0.717) is 5.92 Å². The van der Waals surface area contributed by atoms with Crippen LogP contribution in [0.25, 0.3) is 0 Å². The highest BCUT2D eigenvalue weighted by Crippen LogP contribution is 2.14. The van der Waals surface area contributed by atoms with Gasteiger partial charge in [0.05, 0.1) is 0 Å². The lowest BCUT2D eigenvalue weighted by Gasteiger charge is -1.98. The molecule has 1 aromatic heterocycles. The van der Waals surface area contributed by atoms with Crippen LogP contribution in [-0.2, 0) is 6.42 Å². The van der Waals surface area contributed by atoms with Gasteiger partial charge in [0.1, 0.15) is 0 Å². The quantitative estimate of drug-likeness (QED) is 0.669. The van der Waals surface area contributed by atoms with Gasteiger partial charge in [0, 0.05) is 12.3 Å². The highest BCUT2D eigenvalue weighted by Gasteiger charge is 2.09. The van der Waals surface area contributed by atoms with Crippen molar-refractivity contribution in [3.8, 4) is 0 Å². The summed E-state index contributed by atoms with van der Waals surface area (Å²) in [5.74, 6) is 1.99. The molecule has 0 radical (unpaired) electrons. The Morgan fingerprint density at radius 3 is 2.64 bits per heavy atom. The van der Waals surface area contributed by atoms with E-state index in [1.807, 2.05) is 6.92 Å². The van der Waals surface area contributed by atoms with E-state index in [9.17, 15) is 0 Å². The van der Waals surface area contributed by atoms with Crippen LogP contribution in [0, 0.1) is 0 Å². The summed E-state index contributed by atoms with van der Waals surface area (Å²) in [4.78, 5) is 4.22. The van der Waals surface area contributed by atoms with Crippen LogP contribution in [0.1, 0.15) is 44.8 Å². The summed E-state index contributed by atoms with van der Waals surface area (Å²) >= 11 is 0. The minimum absolute atomic E-state index is 0.416. The minimum atomic E-state index is 0.416. The van der Waals surface area contributed by atoms with Crippen molar-refractivity contribution in [3.05, 3.63) is 11.7 Å². The lowest BCUT2D eigenvalue weighted by Crippen LogP contribution is -1.93. The van der Waals surface area contributed by atoms with Gasteiger partial charge in [-0.25, -0.2) is 0 Å². The maximum Gasteiger partial charge on any atom is 0.226 e. The van der Waals surface area contributed by atoms with Gasteiger partial charge < -0.3 is 4.52 Å². The van der Waals surface area contributed by atoms with Gasteiger partial charge in [-0.1, -0.05) is 25.9 Å². The molecule has 62 valence electrons. The largest absolute Gasteiger partial charge is 0.339 e. The van der Waals surface area contributed by atoms with Crippen molar-refractivity contribution in [1.82, 2.24) is 10.1 Å². The van der Waals surface area contributed by atoms with Crippen LogP contribution in [0.5, 0.6) is 0 Å². The van der Waals surface area contributed by atoms with E-state index >= 15 is 0 Å². The van der Waals surface area contributed by atoms with Crippen LogP contribution in [0.2, 0.25) is 0 Å². The maximum absolute atomic E-state index is 4.98. The van der Waals surface area contributed by atoms with Crippen molar-refractivity contribution < 1.29 is 4.52 Å². The topological polar surface area (TPSA) is 38.9 Å². The molecule has 1 unspecified atom stereocenters. The molecule has 0 aliphatic carbocycles. The van der Waals surface area contributed by atoms with Crippen molar-refractivity contribution in [1.29, 1.82) is 0 Å². The molecule has 0 spiro atoms. The van der Waals surface area contributed by atoms with E-state index in [1.54, 1.807) is 0 Å². The Labute approximate surface area is 66.8 Å². The number of hydrogen-bond acceptors (Lipinski definition) is 3. The molecule has 0 amide bonds. The molecule has 3 nitrogen and oxygen atoms in total. The molecule has 1 aromatic rings. The van der Waals surface area contributed by atoms with Crippen LogP contribution in [0.4, 0.5) is 0 Å². The lowest BCUT2D eigenvalue weighted by molar-refractivity contribution is 0.373. The van der Waals surface area contributed by atoms with E-state index in [4.69, 9.17) is 4.52 Å². The van der Waals surface area contributed by atoms with Gasteiger partial charge in [-0.15, -0.1) is 0 Å². The van der Waals surface area contributed by atoms with Crippen molar-refractivity contribution in [3.63, 3.8) is 0 Å². The zero-order valence-corrected chi connectivity index (χ0v) is 7.29. The summed E-state index contributed by atoms with van der Waals surface area (Å²) in [6.07, 6.45) is 1.88. The molecule has 0 N–H and O–H groups in total. The predicted molar refractivity (Wildman–Crippen MR) is 42.4 cm³/mol. The Bertz CT molecular complexity index is 220. The molecule has 1 atom stereocenters. The van der Waals surface area contributed by atoms with E-state index in [2.05, 4.69) is 24.0 Å². The normalized spacial score (nSPS) is 13.4. The molecule has 11 heavy (non-hydrogen) atoms. The van der Waals surface area contributed by atoms with E-state index < -0.39 is 0 Å². The number of hydrogen-bond donors (Lipinski definition) is 0. The van der Waals surface area contributed by atoms with Crippen molar-refractivity contribution in [2.24, 2.45) is 0 Å². The first kappa shape index (κ1) is 8.24. The Morgan fingerprint density at radius 1 is 1.45 bits per heavy atom. The molecule has 0 aliphatic rings. The molecule has 0 saturated carbocycles. The van der Waals surface area contributed by atoms with Gasteiger partial charge >= 0.3 is 0 Å². The molecule has 0 bridgehead atoms. The van der Waals surface area contributed by atoms with Crippen LogP contribution in [0.15, 0.2) is 4.52 Å². The first-order chi connectivity index (χ1) is 5.27. The summed E-state index contributed by atoms with van der Waals surface area (Å²) in [5.41, 5.74) is 0. The van der Waals surface area contributed by atoms with Crippen LogP contribution in [-0.4, -0.2) is 10.1 Å². The fraction of sp³-hybridized carbons (Fsp3) is 0.750. The van der Waals surface area contributed by atoms with E-state index in [1.165, 1.54) is 0 Å². The third kappa shape index (κ3) is 1.79. The van der Waals surface area contributed by atoms with Gasteiger partial charge in [-0.05, 0) is 6.42 Å². The summed E-state index contributed by atoms with van der Waals surface area (Å²) in [7, 11) is 0. The molecule has 1 rings (SSSR count). The Kier molecular flexibility index (Phi) is 2.63. The first-order valence-electron chi connectivity index (χ1n) is 4.10. The summed E-state index contributed by atoms with van der Waals surface area (Å²) in [6.45, 7) is 6.23. The average molecular weight is 154 g/mol. The Morgan fingerprint density at radius 2 is 2.18 bits per heavy atom.